The Morgan fingerprint density at radius 2 is 2.18 bits per heavy atom. The molecule has 1 aromatic carbocycles. The summed E-state index contributed by atoms with van der Waals surface area (Å²) in [5.74, 6) is -0.156. The van der Waals surface area contributed by atoms with Crippen molar-refractivity contribution in [1.29, 1.82) is 0 Å². The molecule has 8 nitrogen and oxygen atoms in total. The van der Waals surface area contributed by atoms with Gasteiger partial charge < -0.3 is 10.3 Å². The Morgan fingerprint density at radius 1 is 1.32 bits per heavy atom. The second-order valence-electron chi connectivity index (χ2n) is 4.61. The number of amides is 1. The summed E-state index contributed by atoms with van der Waals surface area (Å²) in [7, 11) is 0. The number of H-pyrrole nitrogens is 1. The van der Waals surface area contributed by atoms with Gasteiger partial charge in [-0.1, -0.05) is 11.3 Å². The van der Waals surface area contributed by atoms with Gasteiger partial charge in [0.05, 0.1) is 18.1 Å². The van der Waals surface area contributed by atoms with Crippen LogP contribution in [-0.2, 0) is 0 Å². The molecule has 3 aromatic rings. The molecule has 0 aliphatic rings. The van der Waals surface area contributed by atoms with Crippen LogP contribution >= 0.6 is 0 Å². The summed E-state index contributed by atoms with van der Waals surface area (Å²) in [5.41, 5.74) is 1.24. The lowest BCUT2D eigenvalue weighted by Gasteiger charge is -2.06. The number of carbonyl (C=O) groups is 1. The van der Waals surface area contributed by atoms with Crippen molar-refractivity contribution in [2.24, 2.45) is 0 Å². The van der Waals surface area contributed by atoms with Crippen molar-refractivity contribution in [1.82, 2.24) is 25.0 Å². The van der Waals surface area contributed by atoms with Gasteiger partial charge in [-0.15, -0.1) is 5.10 Å². The van der Waals surface area contributed by atoms with Gasteiger partial charge in [-0.05, 0) is 25.1 Å². The lowest BCUT2D eigenvalue weighted by Crippen LogP contribution is -2.19. The molecule has 3 rings (SSSR count). The molecular weight excluding hydrogens is 284 g/mol. The number of aryl methyl sites for hydroxylation is 1. The van der Waals surface area contributed by atoms with Gasteiger partial charge in [0.15, 0.2) is 0 Å². The summed E-state index contributed by atoms with van der Waals surface area (Å²) >= 11 is 0. The molecule has 2 heterocycles. The van der Waals surface area contributed by atoms with Gasteiger partial charge in [-0.25, -0.2) is 9.48 Å². The van der Waals surface area contributed by atoms with Crippen LogP contribution in [0.5, 0.6) is 0 Å². The highest BCUT2D eigenvalue weighted by molar-refractivity contribution is 6.04. The maximum Gasteiger partial charge on any atom is 0.347 e. The van der Waals surface area contributed by atoms with Gasteiger partial charge in [0.2, 0.25) is 0 Å². The van der Waals surface area contributed by atoms with Crippen molar-refractivity contribution in [3.63, 3.8) is 0 Å². The summed E-state index contributed by atoms with van der Waals surface area (Å²) in [6, 6.07) is 8.46. The van der Waals surface area contributed by atoms with Crippen LogP contribution < -0.4 is 11.0 Å². The maximum atomic E-state index is 12.2. The van der Waals surface area contributed by atoms with Crippen LogP contribution in [0, 0.1) is 6.92 Å². The van der Waals surface area contributed by atoms with Gasteiger partial charge >= 0.3 is 5.69 Å². The third-order valence-corrected chi connectivity index (χ3v) is 2.92. The minimum Gasteiger partial charge on any atom is -0.310 e. The lowest BCUT2D eigenvalue weighted by atomic mass is 10.2. The fraction of sp³-hybridized carbons (Fsp3) is 0.0714. The first-order valence-electron chi connectivity index (χ1n) is 6.48. The predicted octanol–water partition coefficient (Wildman–Crippen LogP) is 0.911. The number of nitrogens with one attached hydrogen (secondary N) is 2. The fourth-order valence-electron chi connectivity index (χ4n) is 1.97. The third-order valence-electron chi connectivity index (χ3n) is 2.92. The zero-order valence-electron chi connectivity index (χ0n) is 11.6. The third kappa shape index (κ3) is 2.90. The molecule has 0 bridgehead atoms. The topological polar surface area (TPSA) is 106 Å². The molecule has 8 heteroatoms. The SMILES string of the molecule is Cc1cc(NC(=O)c2cccc(-n3ccnn3)c2)nc(=O)[nH]1. The molecule has 0 radical (unpaired) electrons. The number of anilines is 1. The zero-order chi connectivity index (χ0) is 15.5. The van der Waals surface area contributed by atoms with Crippen molar-refractivity contribution in [2.45, 2.75) is 6.92 Å². The standard InChI is InChI=1S/C14H12N6O2/c1-9-7-12(18-14(22)16-9)17-13(21)10-3-2-4-11(8-10)20-6-5-15-19-20/h2-8H,1H3,(H2,16,17,18,21,22). The minimum absolute atomic E-state index is 0.206. The summed E-state index contributed by atoms with van der Waals surface area (Å²) < 4.78 is 1.55. The van der Waals surface area contributed by atoms with Crippen molar-refractivity contribution in [2.75, 3.05) is 5.32 Å². The second-order valence-corrected chi connectivity index (χ2v) is 4.61. The highest BCUT2D eigenvalue weighted by Gasteiger charge is 2.09. The van der Waals surface area contributed by atoms with Crippen molar-refractivity contribution < 1.29 is 4.79 Å². The van der Waals surface area contributed by atoms with E-state index in [1.807, 2.05) is 0 Å². The molecule has 0 aliphatic heterocycles. The van der Waals surface area contributed by atoms with E-state index >= 15 is 0 Å². The summed E-state index contributed by atoms with van der Waals surface area (Å²) in [6.45, 7) is 1.71. The van der Waals surface area contributed by atoms with Gasteiger partial charge in [-0.3, -0.25) is 4.79 Å². The Morgan fingerprint density at radius 3 is 2.91 bits per heavy atom. The normalized spacial score (nSPS) is 10.4. The highest BCUT2D eigenvalue weighted by atomic mass is 16.2. The van der Waals surface area contributed by atoms with E-state index in [0.29, 0.717) is 16.9 Å². The Labute approximate surface area is 124 Å². The minimum atomic E-state index is -0.508. The first-order valence-corrected chi connectivity index (χ1v) is 6.48. The summed E-state index contributed by atoms with van der Waals surface area (Å²) in [6.07, 6.45) is 3.23. The Kier molecular flexibility index (Phi) is 3.48. The highest BCUT2D eigenvalue weighted by Crippen LogP contribution is 2.11. The molecule has 0 saturated carbocycles. The molecule has 0 atom stereocenters. The molecule has 0 aliphatic carbocycles. The Balaban J connectivity index is 1.86. The van der Waals surface area contributed by atoms with E-state index in [1.165, 1.54) is 0 Å². The van der Waals surface area contributed by atoms with Gasteiger partial charge in [0.25, 0.3) is 5.91 Å². The smallest absolute Gasteiger partial charge is 0.310 e. The van der Waals surface area contributed by atoms with Crippen LogP contribution in [-0.4, -0.2) is 30.9 Å². The molecule has 22 heavy (non-hydrogen) atoms. The number of aromatic nitrogens is 5. The molecule has 0 saturated heterocycles. The molecule has 110 valence electrons. The van der Waals surface area contributed by atoms with Gasteiger partial charge in [0.1, 0.15) is 5.82 Å². The molecule has 1 amide bonds. The molecular formula is C14H12N6O2. The summed E-state index contributed by atoms with van der Waals surface area (Å²) in [5, 5.41) is 10.2. The molecule has 0 spiro atoms. The molecule has 0 unspecified atom stereocenters. The van der Waals surface area contributed by atoms with Crippen molar-refractivity contribution in [3.05, 3.63) is 64.5 Å². The Hall–Kier alpha value is -3.29. The number of hydrogen-bond donors (Lipinski definition) is 2. The zero-order valence-corrected chi connectivity index (χ0v) is 11.6. The lowest BCUT2D eigenvalue weighted by molar-refractivity contribution is 0.102. The summed E-state index contributed by atoms with van der Waals surface area (Å²) in [4.78, 5) is 29.8. The van der Waals surface area contributed by atoms with Gasteiger partial charge in [-0.2, -0.15) is 4.98 Å². The van der Waals surface area contributed by atoms with Crippen molar-refractivity contribution >= 4 is 11.7 Å². The number of benzene rings is 1. The first-order chi connectivity index (χ1) is 10.6. The largest absolute Gasteiger partial charge is 0.347 e. The first kappa shape index (κ1) is 13.7. The van der Waals surface area contributed by atoms with Gasteiger partial charge in [0, 0.05) is 17.3 Å². The van der Waals surface area contributed by atoms with Crippen molar-refractivity contribution in [3.8, 4) is 5.69 Å². The quantitative estimate of drug-likeness (QED) is 0.747. The number of nitrogens with zero attached hydrogens (tertiary/aromatic N) is 4. The second kappa shape index (κ2) is 5.60. The van der Waals surface area contributed by atoms with E-state index in [-0.39, 0.29) is 11.7 Å². The Bertz CT molecular complexity index is 869. The van der Waals surface area contributed by atoms with Crippen LogP contribution in [0.3, 0.4) is 0 Å². The van der Waals surface area contributed by atoms with Crippen LogP contribution in [0.1, 0.15) is 16.1 Å². The van der Waals surface area contributed by atoms with E-state index in [0.717, 1.165) is 0 Å². The predicted molar refractivity (Wildman–Crippen MR) is 78.9 cm³/mol. The van der Waals surface area contributed by atoms with E-state index in [1.54, 1.807) is 54.3 Å². The molecule has 2 aromatic heterocycles. The van der Waals surface area contributed by atoms with Crippen LogP contribution in [0.2, 0.25) is 0 Å². The average molecular weight is 296 g/mol. The van der Waals surface area contributed by atoms with E-state index in [4.69, 9.17) is 0 Å². The van der Waals surface area contributed by atoms with E-state index < -0.39 is 5.69 Å². The van der Waals surface area contributed by atoms with E-state index in [2.05, 4.69) is 25.6 Å². The monoisotopic (exact) mass is 296 g/mol. The number of carbonyl (C=O) groups excluding carboxylic acids is 1. The average Bonchev–Trinajstić information content (AvgIpc) is 3.00. The van der Waals surface area contributed by atoms with Crippen LogP contribution in [0.4, 0.5) is 5.82 Å². The molecule has 2 N–H and O–H groups in total. The van der Waals surface area contributed by atoms with Crippen LogP contribution in [0.25, 0.3) is 5.69 Å². The van der Waals surface area contributed by atoms with E-state index in [9.17, 15) is 9.59 Å². The number of rotatable bonds is 3. The number of hydrogen-bond acceptors (Lipinski definition) is 5. The van der Waals surface area contributed by atoms with Crippen LogP contribution in [0.15, 0.2) is 47.5 Å². The fourth-order valence-corrected chi connectivity index (χ4v) is 1.97. The number of aromatic amines is 1. The molecule has 0 fully saturated rings. The maximum absolute atomic E-state index is 12.2.